The first-order valence-corrected chi connectivity index (χ1v) is 6.07. The van der Waals surface area contributed by atoms with Crippen molar-refractivity contribution in [1.82, 2.24) is 19.9 Å². The summed E-state index contributed by atoms with van der Waals surface area (Å²) >= 11 is 0. The highest BCUT2D eigenvalue weighted by atomic mass is 16.2. The Balaban J connectivity index is 2.16. The van der Waals surface area contributed by atoms with E-state index in [0.29, 0.717) is 30.2 Å². The Morgan fingerprint density at radius 2 is 2.05 bits per heavy atom. The zero-order chi connectivity index (χ0) is 13.4. The maximum absolute atomic E-state index is 11.8. The molecule has 2 aromatic rings. The lowest BCUT2D eigenvalue weighted by Gasteiger charge is -2.25. The fourth-order valence-corrected chi connectivity index (χ4v) is 2.20. The van der Waals surface area contributed by atoms with Crippen molar-refractivity contribution >= 4 is 11.7 Å². The van der Waals surface area contributed by atoms with Gasteiger partial charge in [-0.3, -0.25) is 14.7 Å². The number of hydrogen-bond donors (Lipinski definition) is 0. The number of carbonyl (C=O) groups excluding carboxylic acids is 1. The van der Waals surface area contributed by atoms with E-state index < -0.39 is 0 Å². The van der Waals surface area contributed by atoms with Crippen LogP contribution in [0.3, 0.4) is 0 Å². The molecule has 1 aliphatic heterocycles. The van der Waals surface area contributed by atoms with Crippen LogP contribution in [-0.4, -0.2) is 32.9 Å². The molecule has 0 radical (unpaired) electrons. The van der Waals surface area contributed by atoms with Gasteiger partial charge >= 0.3 is 0 Å². The molecule has 96 valence electrons. The molecule has 0 aliphatic carbocycles. The van der Waals surface area contributed by atoms with Crippen LogP contribution in [0.25, 0.3) is 11.5 Å². The number of hydrogen-bond acceptors (Lipinski definition) is 5. The van der Waals surface area contributed by atoms with E-state index in [9.17, 15) is 4.79 Å². The second-order valence-electron chi connectivity index (χ2n) is 4.48. The van der Waals surface area contributed by atoms with Gasteiger partial charge in [-0.05, 0) is 13.3 Å². The van der Waals surface area contributed by atoms with Crippen molar-refractivity contribution in [3.63, 3.8) is 0 Å². The Morgan fingerprint density at radius 1 is 1.21 bits per heavy atom. The summed E-state index contributed by atoms with van der Waals surface area (Å²) in [5, 5.41) is 0. The van der Waals surface area contributed by atoms with E-state index in [1.165, 1.54) is 0 Å². The SMILES string of the molecule is Cc1nc(-c2cnccn2)nc2c1CCC(=O)N2C. The first-order valence-electron chi connectivity index (χ1n) is 6.07. The summed E-state index contributed by atoms with van der Waals surface area (Å²) in [6, 6.07) is 0. The molecule has 0 spiro atoms. The monoisotopic (exact) mass is 255 g/mol. The van der Waals surface area contributed by atoms with E-state index in [2.05, 4.69) is 19.9 Å². The lowest BCUT2D eigenvalue weighted by Crippen LogP contribution is -2.33. The molecule has 6 nitrogen and oxygen atoms in total. The average Bonchev–Trinajstić information content (AvgIpc) is 2.44. The van der Waals surface area contributed by atoms with Crippen LogP contribution in [0.4, 0.5) is 5.82 Å². The van der Waals surface area contributed by atoms with Gasteiger partial charge < -0.3 is 0 Å². The number of aromatic nitrogens is 4. The Bertz CT molecular complexity index is 641. The topological polar surface area (TPSA) is 71.9 Å². The Kier molecular flexibility index (Phi) is 2.70. The van der Waals surface area contributed by atoms with E-state index in [-0.39, 0.29) is 5.91 Å². The number of amides is 1. The minimum absolute atomic E-state index is 0.0793. The summed E-state index contributed by atoms with van der Waals surface area (Å²) in [5.41, 5.74) is 2.54. The van der Waals surface area contributed by atoms with E-state index in [0.717, 1.165) is 11.3 Å². The standard InChI is InChI=1S/C13H13N5O/c1-8-9-3-4-11(19)18(2)13(9)17-12(16-8)10-7-14-5-6-15-10/h5-7H,3-4H2,1-2H3. The number of carbonyl (C=O) groups is 1. The molecule has 0 saturated carbocycles. The summed E-state index contributed by atoms with van der Waals surface area (Å²) in [7, 11) is 1.74. The summed E-state index contributed by atoms with van der Waals surface area (Å²) < 4.78 is 0. The second-order valence-corrected chi connectivity index (χ2v) is 4.48. The zero-order valence-electron chi connectivity index (χ0n) is 10.8. The van der Waals surface area contributed by atoms with Gasteiger partial charge in [0.2, 0.25) is 5.91 Å². The van der Waals surface area contributed by atoms with Crippen molar-refractivity contribution in [3.05, 3.63) is 29.8 Å². The minimum atomic E-state index is 0.0793. The molecule has 0 saturated heterocycles. The molecule has 0 unspecified atom stereocenters. The van der Waals surface area contributed by atoms with Gasteiger partial charge in [0.05, 0.1) is 6.20 Å². The average molecular weight is 255 g/mol. The van der Waals surface area contributed by atoms with Crippen LogP contribution in [-0.2, 0) is 11.2 Å². The molecule has 1 amide bonds. The summed E-state index contributed by atoms with van der Waals surface area (Å²) in [4.78, 5) is 30.5. The molecule has 2 aromatic heterocycles. The number of nitrogens with zero attached hydrogens (tertiary/aromatic N) is 5. The molecule has 0 aromatic carbocycles. The highest BCUT2D eigenvalue weighted by Gasteiger charge is 2.25. The van der Waals surface area contributed by atoms with Gasteiger partial charge in [-0.25, -0.2) is 15.0 Å². The Hall–Kier alpha value is -2.37. The highest BCUT2D eigenvalue weighted by molar-refractivity contribution is 5.95. The van der Waals surface area contributed by atoms with Gasteiger partial charge in [0.1, 0.15) is 11.5 Å². The normalized spacial score (nSPS) is 14.4. The molecular weight excluding hydrogens is 242 g/mol. The van der Waals surface area contributed by atoms with Gasteiger partial charge in [-0.1, -0.05) is 0 Å². The van der Waals surface area contributed by atoms with Crippen molar-refractivity contribution in [3.8, 4) is 11.5 Å². The molecule has 3 rings (SSSR count). The Morgan fingerprint density at radius 3 is 2.79 bits per heavy atom. The van der Waals surface area contributed by atoms with Crippen LogP contribution in [0.1, 0.15) is 17.7 Å². The zero-order valence-corrected chi connectivity index (χ0v) is 10.8. The van der Waals surface area contributed by atoms with Crippen molar-refractivity contribution < 1.29 is 4.79 Å². The van der Waals surface area contributed by atoms with Gasteiger partial charge in [-0.15, -0.1) is 0 Å². The molecule has 0 bridgehead atoms. The van der Waals surface area contributed by atoms with Gasteiger partial charge in [0, 0.05) is 37.1 Å². The van der Waals surface area contributed by atoms with Crippen LogP contribution in [0, 0.1) is 6.92 Å². The smallest absolute Gasteiger partial charge is 0.228 e. The van der Waals surface area contributed by atoms with Crippen molar-refractivity contribution in [1.29, 1.82) is 0 Å². The van der Waals surface area contributed by atoms with E-state index in [1.54, 1.807) is 30.5 Å². The first kappa shape index (κ1) is 11.7. The van der Waals surface area contributed by atoms with E-state index >= 15 is 0 Å². The maximum Gasteiger partial charge on any atom is 0.228 e. The summed E-state index contributed by atoms with van der Waals surface area (Å²) in [6.45, 7) is 1.93. The first-order chi connectivity index (χ1) is 9.16. The second kappa shape index (κ2) is 4.38. The molecule has 1 aliphatic rings. The van der Waals surface area contributed by atoms with E-state index in [1.807, 2.05) is 6.92 Å². The lowest BCUT2D eigenvalue weighted by molar-refractivity contribution is -0.118. The van der Waals surface area contributed by atoms with Gasteiger partial charge in [-0.2, -0.15) is 0 Å². The molecular formula is C13H13N5O. The number of rotatable bonds is 1. The van der Waals surface area contributed by atoms with Crippen molar-refractivity contribution in [2.45, 2.75) is 19.8 Å². The van der Waals surface area contributed by atoms with Crippen LogP contribution >= 0.6 is 0 Å². The summed E-state index contributed by atoms with van der Waals surface area (Å²) in [5.74, 6) is 1.27. The molecule has 6 heteroatoms. The maximum atomic E-state index is 11.8. The molecule has 0 atom stereocenters. The Labute approximate surface area is 110 Å². The largest absolute Gasteiger partial charge is 0.300 e. The molecule has 0 fully saturated rings. The van der Waals surface area contributed by atoms with Gasteiger partial charge in [0.15, 0.2) is 5.82 Å². The fraction of sp³-hybridized carbons (Fsp3) is 0.308. The highest BCUT2D eigenvalue weighted by Crippen LogP contribution is 2.28. The molecule has 3 heterocycles. The van der Waals surface area contributed by atoms with Crippen LogP contribution < -0.4 is 4.90 Å². The van der Waals surface area contributed by atoms with E-state index in [4.69, 9.17) is 0 Å². The third-order valence-electron chi connectivity index (χ3n) is 3.27. The van der Waals surface area contributed by atoms with Crippen LogP contribution in [0.2, 0.25) is 0 Å². The number of fused-ring (bicyclic) bond motifs is 1. The quantitative estimate of drug-likeness (QED) is 0.764. The van der Waals surface area contributed by atoms with Crippen LogP contribution in [0.15, 0.2) is 18.6 Å². The summed E-state index contributed by atoms with van der Waals surface area (Å²) in [6.07, 6.45) is 6.03. The van der Waals surface area contributed by atoms with Gasteiger partial charge in [0.25, 0.3) is 0 Å². The predicted octanol–water partition coefficient (Wildman–Crippen LogP) is 1.15. The third-order valence-corrected chi connectivity index (χ3v) is 3.27. The lowest BCUT2D eigenvalue weighted by atomic mass is 10.0. The van der Waals surface area contributed by atoms with Crippen LogP contribution in [0.5, 0.6) is 0 Å². The molecule has 0 N–H and O–H groups in total. The van der Waals surface area contributed by atoms with Crippen molar-refractivity contribution in [2.24, 2.45) is 0 Å². The molecule has 19 heavy (non-hydrogen) atoms. The van der Waals surface area contributed by atoms with Crippen molar-refractivity contribution in [2.75, 3.05) is 11.9 Å². The number of aryl methyl sites for hydroxylation is 1. The number of anilines is 1. The fourth-order valence-electron chi connectivity index (χ4n) is 2.20. The predicted molar refractivity (Wildman–Crippen MR) is 69.5 cm³/mol. The minimum Gasteiger partial charge on any atom is -0.300 e. The third kappa shape index (κ3) is 1.95.